The summed E-state index contributed by atoms with van der Waals surface area (Å²) in [5, 5.41) is 3.32. The summed E-state index contributed by atoms with van der Waals surface area (Å²) in [4.78, 5) is 2.52. The first-order chi connectivity index (χ1) is 8.74. The Bertz CT molecular complexity index is 316. The Labute approximate surface area is 116 Å². The van der Waals surface area contributed by atoms with Gasteiger partial charge in [0.1, 0.15) is 0 Å². The van der Waals surface area contributed by atoms with Crippen LogP contribution in [0.3, 0.4) is 0 Å². The van der Waals surface area contributed by atoms with Crippen molar-refractivity contribution in [2.45, 2.75) is 25.4 Å². The molecule has 0 aliphatic heterocycles. The number of thioether (sulfide) groups is 1. The molecular formula is C15H26N2S. The molecule has 0 saturated heterocycles. The van der Waals surface area contributed by atoms with Crippen LogP contribution in [0, 0.1) is 0 Å². The highest BCUT2D eigenvalue weighted by Gasteiger charge is 2.22. The second-order valence-corrected chi connectivity index (χ2v) is 5.58. The van der Waals surface area contributed by atoms with E-state index in [0.29, 0.717) is 12.1 Å². The molecule has 1 rings (SSSR count). The van der Waals surface area contributed by atoms with Crippen LogP contribution in [-0.2, 0) is 0 Å². The lowest BCUT2D eigenvalue weighted by Gasteiger charge is -2.34. The molecule has 0 bridgehead atoms. The third-order valence-corrected chi connectivity index (χ3v) is 4.20. The van der Waals surface area contributed by atoms with E-state index in [4.69, 9.17) is 0 Å². The van der Waals surface area contributed by atoms with Crippen LogP contribution >= 0.6 is 11.8 Å². The Balaban J connectivity index is 2.83. The maximum Gasteiger partial charge on any atom is 0.0472 e. The van der Waals surface area contributed by atoms with E-state index in [9.17, 15) is 0 Å². The fraction of sp³-hybridized carbons (Fsp3) is 0.600. The lowest BCUT2D eigenvalue weighted by Crippen LogP contribution is -2.40. The van der Waals surface area contributed by atoms with Crippen LogP contribution in [0.5, 0.6) is 0 Å². The fourth-order valence-corrected chi connectivity index (χ4v) is 3.19. The minimum absolute atomic E-state index is 0.452. The zero-order chi connectivity index (χ0) is 13.4. The van der Waals surface area contributed by atoms with Gasteiger partial charge in [-0.1, -0.05) is 37.3 Å². The van der Waals surface area contributed by atoms with Gasteiger partial charge in [0.25, 0.3) is 0 Å². The minimum Gasteiger partial charge on any atom is -0.318 e. The molecule has 0 saturated carbocycles. The Hall–Kier alpha value is -0.510. The summed E-state index contributed by atoms with van der Waals surface area (Å²) in [7, 11) is 4.28. The summed E-state index contributed by atoms with van der Waals surface area (Å²) in [6.45, 7) is 3.27. The molecule has 1 N–H and O–H groups in total. The molecule has 2 atom stereocenters. The first-order valence-electron chi connectivity index (χ1n) is 6.65. The molecule has 0 aromatic heterocycles. The van der Waals surface area contributed by atoms with Gasteiger partial charge in [0.05, 0.1) is 0 Å². The van der Waals surface area contributed by atoms with Crippen molar-refractivity contribution in [3.05, 3.63) is 35.9 Å². The molecule has 102 valence electrons. The van der Waals surface area contributed by atoms with Gasteiger partial charge in [-0.05, 0) is 32.3 Å². The Morgan fingerprint density at radius 2 is 1.94 bits per heavy atom. The van der Waals surface area contributed by atoms with Crippen molar-refractivity contribution in [1.82, 2.24) is 10.2 Å². The largest absolute Gasteiger partial charge is 0.318 e. The van der Waals surface area contributed by atoms with Crippen LogP contribution in [0.15, 0.2) is 30.3 Å². The number of rotatable bonds is 8. The molecular weight excluding hydrogens is 240 g/mol. The van der Waals surface area contributed by atoms with Crippen LogP contribution in [-0.4, -0.2) is 43.6 Å². The summed E-state index contributed by atoms with van der Waals surface area (Å²) in [5.41, 5.74) is 1.40. The summed E-state index contributed by atoms with van der Waals surface area (Å²) in [6, 6.07) is 11.9. The Morgan fingerprint density at radius 3 is 2.44 bits per heavy atom. The van der Waals surface area contributed by atoms with E-state index in [2.05, 4.69) is 60.8 Å². The van der Waals surface area contributed by atoms with E-state index < -0.39 is 0 Å². The SMILES string of the molecule is CCC(CSC)N(C)C(CNC)c1ccccc1. The van der Waals surface area contributed by atoms with Crippen molar-refractivity contribution in [3.8, 4) is 0 Å². The summed E-state index contributed by atoms with van der Waals surface area (Å²) in [6.07, 6.45) is 3.39. The van der Waals surface area contributed by atoms with Gasteiger partial charge in [-0.3, -0.25) is 4.90 Å². The summed E-state index contributed by atoms with van der Waals surface area (Å²) < 4.78 is 0. The zero-order valence-corrected chi connectivity index (χ0v) is 12.8. The van der Waals surface area contributed by atoms with Crippen LogP contribution in [0.2, 0.25) is 0 Å². The number of likely N-dealkylation sites (N-methyl/N-ethyl adjacent to an activating group) is 2. The molecule has 1 aromatic carbocycles. The zero-order valence-electron chi connectivity index (χ0n) is 12.0. The monoisotopic (exact) mass is 266 g/mol. The number of hydrogen-bond acceptors (Lipinski definition) is 3. The molecule has 3 heteroatoms. The van der Waals surface area contributed by atoms with Gasteiger partial charge < -0.3 is 5.32 Å². The molecule has 18 heavy (non-hydrogen) atoms. The van der Waals surface area contributed by atoms with E-state index in [1.165, 1.54) is 17.7 Å². The van der Waals surface area contributed by atoms with Gasteiger partial charge in [-0.15, -0.1) is 0 Å². The molecule has 0 aliphatic carbocycles. The van der Waals surface area contributed by atoms with E-state index in [-0.39, 0.29) is 0 Å². The lowest BCUT2D eigenvalue weighted by molar-refractivity contribution is 0.181. The number of nitrogens with one attached hydrogen (secondary N) is 1. The van der Waals surface area contributed by atoms with Crippen LogP contribution in [0.25, 0.3) is 0 Å². The molecule has 0 spiro atoms. The second-order valence-electron chi connectivity index (χ2n) is 4.67. The molecule has 0 heterocycles. The highest BCUT2D eigenvalue weighted by Crippen LogP contribution is 2.23. The third kappa shape index (κ3) is 4.30. The van der Waals surface area contributed by atoms with E-state index in [1.54, 1.807) is 0 Å². The first kappa shape index (κ1) is 15.5. The van der Waals surface area contributed by atoms with Crippen LogP contribution in [0.4, 0.5) is 0 Å². The third-order valence-electron chi connectivity index (χ3n) is 3.48. The van der Waals surface area contributed by atoms with Gasteiger partial charge in [0, 0.05) is 24.4 Å². The number of benzene rings is 1. The van der Waals surface area contributed by atoms with Gasteiger partial charge in [0.15, 0.2) is 0 Å². The average Bonchev–Trinajstić information content (AvgIpc) is 2.42. The predicted molar refractivity (Wildman–Crippen MR) is 83.3 cm³/mol. The van der Waals surface area contributed by atoms with Gasteiger partial charge in [-0.2, -0.15) is 11.8 Å². The van der Waals surface area contributed by atoms with Crippen molar-refractivity contribution in [2.24, 2.45) is 0 Å². The second kappa shape index (κ2) is 8.57. The highest BCUT2D eigenvalue weighted by molar-refractivity contribution is 7.98. The van der Waals surface area contributed by atoms with Crippen molar-refractivity contribution in [1.29, 1.82) is 0 Å². The lowest BCUT2D eigenvalue weighted by atomic mass is 10.0. The van der Waals surface area contributed by atoms with E-state index in [1.807, 2.05) is 18.8 Å². The molecule has 0 amide bonds. The smallest absolute Gasteiger partial charge is 0.0472 e. The average molecular weight is 266 g/mol. The summed E-state index contributed by atoms with van der Waals surface area (Å²) >= 11 is 1.93. The van der Waals surface area contributed by atoms with Gasteiger partial charge in [-0.25, -0.2) is 0 Å². The van der Waals surface area contributed by atoms with Crippen LogP contribution in [0.1, 0.15) is 24.9 Å². The Kier molecular flexibility index (Phi) is 7.40. The minimum atomic E-state index is 0.452. The highest BCUT2D eigenvalue weighted by atomic mass is 32.2. The molecule has 2 unspecified atom stereocenters. The first-order valence-corrected chi connectivity index (χ1v) is 8.04. The molecule has 0 fully saturated rings. The molecule has 0 aliphatic rings. The van der Waals surface area contributed by atoms with Crippen molar-refractivity contribution >= 4 is 11.8 Å². The molecule has 0 radical (unpaired) electrons. The van der Waals surface area contributed by atoms with E-state index in [0.717, 1.165) is 6.54 Å². The van der Waals surface area contributed by atoms with Gasteiger partial charge in [0.2, 0.25) is 0 Å². The van der Waals surface area contributed by atoms with E-state index >= 15 is 0 Å². The predicted octanol–water partition coefficient (Wildman–Crippen LogP) is 3.02. The maximum absolute atomic E-state index is 3.32. The molecule has 2 nitrogen and oxygen atoms in total. The summed E-state index contributed by atoms with van der Waals surface area (Å²) in [5.74, 6) is 1.19. The van der Waals surface area contributed by atoms with Crippen molar-refractivity contribution in [3.63, 3.8) is 0 Å². The Morgan fingerprint density at radius 1 is 1.28 bits per heavy atom. The normalized spacial score (nSPS) is 14.7. The molecule has 1 aromatic rings. The standard InChI is InChI=1S/C15H26N2S/c1-5-14(12-18-4)17(3)15(11-16-2)13-9-7-6-8-10-13/h6-10,14-16H,5,11-12H2,1-4H3. The van der Waals surface area contributed by atoms with Crippen LogP contribution < -0.4 is 5.32 Å². The van der Waals surface area contributed by atoms with Crippen molar-refractivity contribution < 1.29 is 0 Å². The number of nitrogens with zero attached hydrogens (tertiary/aromatic N) is 1. The maximum atomic E-state index is 3.32. The fourth-order valence-electron chi connectivity index (χ4n) is 2.34. The van der Waals surface area contributed by atoms with Gasteiger partial charge >= 0.3 is 0 Å². The van der Waals surface area contributed by atoms with Crippen molar-refractivity contribution in [2.75, 3.05) is 32.6 Å². The topological polar surface area (TPSA) is 15.3 Å². The number of hydrogen-bond donors (Lipinski definition) is 1. The quantitative estimate of drug-likeness (QED) is 0.778.